The van der Waals surface area contributed by atoms with Gasteiger partial charge in [0, 0.05) is 17.7 Å². The molecule has 134 valence electrons. The summed E-state index contributed by atoms with van der Waals surface area (Å²) in [6.45, 7) is 0.827. The second-order valence-corrected chi connectivity index (χ2v) is 6.38. The number of rotatable bonds is 2. The maximum atomic E-state index is 12.8. The third kappa shape index (κ3) is 3.07. The Morgan fingerprint density at radius 3 is 2.35 bits per heavy atom. The first-order valence-electron chi connectivity index (χ1n) is 8.63. The highest BCUT2D eigenvalue weighted by atomic mass is 19.4. The number of anilines is 1. The average molecular weight is 357 g/mol. The Morgan fingerprint density at radius 2 is 1.65 bits per heavy atom. The first-order valence-corrected chi connectivity index (χ1v) is 8.63. The predicted octanol–water partition coefficient (Wildman–Crippen LogP) is 5.31. The number of alkyl halides is 3. The van der Waals surface area contributed by atoms with Gasteiger partial charge in [0.1, 0.15) is 5.82 Å². The van der Waals surface area contributed by atoms with E-state index in [9.17, 15) is 13.2 Å². The first kappa shape index (κ1) is 16.7. The van der Waals surface area contributed by atoms with Crippen LogP contribution in [0.25, 0.3) is 16.9 Å². The molecule has 1 N–H and O–H groups in total. The summed E-state index contributed by atoms with van der Waals surface area (Å²) in [4.78, 5) is 0. The normalized spacial score (nSPS) is 14.4. The maximum Gasteiger partial charge on any atom is 0.416 e. The molecule has 26 heavy (non-hydrogen) atoms. The molecular formula is C20H18F3N3. The molecule has 3 aromatic rings. The van der Waals surface area contributed by atoms with Crippen molar-refractivity contribution in [3.05, 3.63) is 65.7 Å². The lowest BCUT2D eigenvalue weighted by molar-refractivity contribution is -0.137. The minimum atomic E-state index is -4.34. The molecule has 1 aromatic heterocycles. The summed E-state index contributed by atoms with van der Waals surface area (Å²) < 4.78 is 40.2. The second kappa shape index (κ2) is 6.52. The third-order valence-electron chi connectivity index (χ3n) is 4.62. The van der Waals surface area contributed by atoms with Crippen molar-refractivity contribution in [1.82, 2.24) is 9.78 Å². The quantitative estimate of drug-likeness (QED) is 0.674. The highest BCUT2D eigenvalue weighted by Crippen LogP contribution is 2.35. The number of hydrogen-bond donors (Lipinski definition) is 1. The van der Waals surface area contributed by atoms with Gasteiger partial charge in [0.25, 0.3) is 0 Å². The molecule has 0 spiro atoms. The van der Waals surface area contributed by atoms with Crippen LogP contribution in [-0.2, 0) is 12.6 Å². The fourth-order valence-electron chi connectivity index (χ4n) is 3.31. The summed E-state index contributed by atoms with van der Waals surface area (Å²) in [5.41, 5.74) is 2.98. The van der Waals surface area contributed by atoms with Crippen LogP contribution in [0.1, 0.15) is 24.0 Å². The molecule has 2 aromatic carbocycles. The zero-order chi connectivity index (χ0) is 18.1. The van der Waals surface area contributed by atoms with Crippen molar-refractivity contribution >= 4 is 5.82 Å². The van der Waals surface area contributed by atoms with Gasteiger partial charge < -0.3 is 5.32 Å². The van der Waals surface area contributed by atoms with E-state index in [2.05, 4.69) is 5.32 Å². The third-order valence-corrected chi connectivity index (χ3v) is 4.62. The van der Waals surface area contributed by atoms with Crippen LogP contribution >= 0.6 is 0 Å². The Hall–Kier alpha value is -2.76. The molecular weight excluding hydrogens is 339 g/mol. The van der Waals surface area contributed by atoms with Gasteiger partial charge in [0.15, 0.2) is 0 Å². The minimum absolute atomic E-state index is 0.617. The fourth-order valence-corrected chi connectivity index (χ4v) is 3.31. The largest absolute Gasteiger partial charge is 0.416 e. The van der Waals surface area contributed by atoms with Crippen LogP contribution in [-0.4, -0.2) is 16.3 Å². The average Bonchev–Trinajstić information content (AvgIpc) is 2.83. The van der Waals surface area contributed by atoms with Crippen LogP contribution < -0.4 is 5.32 Å². The molecule has 0 aliphatic carbocycles. The molecule has 6 heteroatoms. The van der Waals surface area contributed by atoms with Gasteiger partial charge in [-0.05, 0) is 43.5 Å². The summed E-state index contributed by atoms with van der Waals surface area (Å²) in [5.74, 6) is 0.876. The molecule has 0 amide bonds. The molecule has 0 bridgehead atoms. The van der Waals surface area contributed by atoms with E-state index in [0.717, 1.165) is 60.6 Å². The van der Waals surface area contributed by atoms with Gasteiger partial charge >= 0.3 is 6.18 Å². The SMILES string of the molecule is FC(F)(F)c1ccc(-n2nc(-c3ccccc3)c3c2NCCCC3)cc1. The van der Waals surface area contributed by atoms with Gasteiger partial charge in [-0.1, -0.05) is 30.3 Å². The van der Waals surface area contributed by atoms with Crippen molar-refractivity contribution in [3.63, 3.8) is 0 Å². The molecule has 0 atom stereocenters. The molecule has 2 heterocycles. The Bertz CT molecular complexity index is 897. The summed E-state index contributed by atoms with van der Waals surface area (Å²) >= 11 is 0. The van der Waals surface area contributed by atoms with Crippen molar-refractivity contribution in [3.8, 4) is 16.9 Å². The lowest BCUT2D eigenvalue weighted by Gasteiger charge is -2.11. The van der Waals surface area contributed by atoms with E-state index < -0.39 is 11.7 Å². The standard InChI is InChI=1S/C20H18F3N3/c21-20(22,23)15-9-11-16(12-10-15)26-19-17(8-4-5-13-24-19)18(25-26)14-6-2-1-3-7-14/h1-3,6-7,9-12,24H,4-5,8,13H2. The van der Waals surface area contributed by atoms with Crippen LogP contribution in [0.2, 0.25) is 0 Å². The van der Waals surface area contributed by atoms with Gasteiger partial charge in [-0.2, -0.15) is 18.3 Å². The number of benzene rings is 2. The van der Waals surface area contributed by atoms with Crippen molar-refractivity contribution in [2.24, 2.45) is 0 Å². The second-order valence-electron chi connectivity index (χ2n) is 6.38. The number of hydrogen-bond acceptors (Lipinski definition) is 2. The summed E-state index contributed by atoms with van der Waals surface area (Å²) in [6, 6.07) is 15.0. The lowest BCUT2D eigenvalue weighted by Crippen LogP contribution is -2.08. The molecule has 0 fully saturated rings. The van der Waals surface area contributed by atoms with E-state index in [-0.39, 0.29) is 0 Å². The van der Waals surface area contributed by atoms with E-state index >= 15 is 0 Å². The molecule has 3 nitrogen and oxygen atoms in total. The van der Waals surface area contributed by atoms with Crippen molar-refractivity contribution < 1.29 is 13.2 Å². The van der Waals surface area contributed by atoms with E-state index in [0.29, 0.717) is 5.69 Å². The van der Waals surface area contributed by atoms with E-state index in [4.69, 9.17) is 5.10 Å². The number of nitrogens with zero attached hydrogens (tertiary/aromatic N) is 2. The highest BCUT2D eigenvalue weighted by Gasteiger charge is 2.30. The van der Waals surface area contributed by atoms with Crippen molar-refractivity contribution in [2.45, 2.75) is 25.4 Å². The van der Waals surface area contributed by atoms with Gasteiger partial charge in [0.2, 0.25) is 0 Å². The van der Waals surface area contributed by atoms with Crippen molar-refractivity contribution in [1.29, 1.82) is 0 Å². The fraction of sp³-hybridized carbons (Fsp3) is 0.250. The Kier molecular flexibility index (Phi) is 4.18. The Labute approximate surface area is 149 Å². The number of aromatic nitrogens is 2. The van der Waals surface area contributed by atoms with Crippen LogP contribution in [0, 0.1) is 0 Å². The molecule has 0 saturated heterocycles. The smallest absolute Gasteiger partial charge is 0.370 e. The molecule has 0 radical (unpaired) electrons. The number of nitrogens with one attached hydrogen (secondary N) is 1. The van der Waals surface area contributed by atoms with Crippen LogP contribution in [0.15, 0.2) is 54.6 Å². The number of halogens is 3. The van der Waals surface area contributed by atoms with E-state index in [1.807, 2.05) is 30.3 Å². The predicted molar refractivity (Wildman–Crippen MR) is 95.4 cm³/mol. The van der Waals surface area contributed by atoms with Crippen molar-refractivity contribution in [2.75, 3.05) is 11.9 Å². The molecule has 1 aliphatic heterocycles. The van der Waals surface area contributed by atoms with Gasteiger partial charge in [-0.3, -0.25) is 0 Å². The topological polar surface area (TPSA) is 29.9 Å². The highest BCUT2D eigenvalue weighted by molar-refractivity contribution is 5.71. The van der Waals surface area contributed by atoms with Crippen LogP contribution in [0.5, 0.6) is 0 Å². The monoisotopic (exact) mass is 357 g/mol. The zero-order valence-corrected chi connectivity index (χ0v) is 14.1. The lowest BCUT2D eigenvalue weighted by atomic mass is 10.0. The van der Waals surface area contributed by atoms with E-state index in [1.165, 1.54) is 12.1 Å². The van der Waals surface area contributed by atoms with Crippen LogP contribution in [0.3, 0.4) is 0 Å². The Balaban J connectivity index is 1.83. The minimum Gasteiger partial charge on any atom is -0.370 e. The van der Waals surface area contributed by atoms with Gasteiger partial charge in [-0.15, -0.1) is 0 Å². The maximum absolute atomic E-state index is 12.8. The molecule has 0 saturated carbocycles. The van der Waals surface area contributed by atoms with Crippen LogP contribution in [0.4, 0.5) is 19.0 Å². The Morgan fingerprint density at radius 1 is 0.923 bits per heavy atom. The van der Waals surface area contributed by atoms with E-state index in [1.54, 1.807) is 4.68 Å². The summed E-state index contributed by atoms with van der Waals surface area (Å²) in [7, 11) is 0. The van der Waals surface area contributed by atoms with Gasteiger partial charge in [-0.25, -0.2) is 4.68 Å². The first-order chi connectivity index (χ1) is 12.5. The van der Waals surface area contributed by atoms with Gasteiger partial charge in [0.05, 0.1) is 16.9 Å². The molecule has 0 unspecified atom stereocenters. The molecule has 4 rings (SSSR count). The summed E-state index contributed by atoms with van der Waals surface area (Å²) in [5, 5.41) is 8.14. The molecule has 1 aliphatic rings. The number of fused-ring (bicyclic) bond motifs is 1. The zero-order valence-electron chi connectivity index (χ0n) is 14.1. The summed E-state index contributed by atoms with van der Waals surface area (Å²) in [6.07, 6.45) is -1.34.